The Morgan fingerprint density at radius 2 is 2.10 bits per heavy atom. The summed E-state index contributed by atoms with van der Waals surface area (Å²) in [4.78, 5) is 16.8. The fourth-order valence-electron chi connectivity index (χ4n) is 1.47. The Morgan fingerprint density at radius 3 is 2.55 bits per heavy atom. The van der Waals surface area contributed by atoms with E-state index in [2.05, 4.69) is 10.3 Å². The van der Waals surface area contributed by atoms with Crippen LogP contribution < -0.4 is 15.8 Å². The van der Waals surface area contributed by atoms with Crippen LogP contribution in [0.1, 0.15) is 32.6 Å². The zero-order valence-electron chi connectivity index (χ0n) is 12.6. The third-order valence-corrected chi connectivity index (χ3v) is 3.99. The van der Waals surface area contributed by atoms with Gasteiger partial charge < -0.3 is 20.5 Å². The Bertz CT molecular complexity index is 456. The van der Waals surface area contributed by atoms with Crippen molar-refractivity contribution in [3.8, 4) is 5.19 Å². The predicted molar refractivity (Wildman–Crippen MR) is 79.3 cm³/mol. The summed E-state index contributed by atoms with van der Waals surface area (Å²) in [5, 5.41) is 3.33. The normalized spacial score (nSPS) is 14.5. The second-order valence-corrected chi connectivity index (χ2v) is 6.81. The van der Waals surface area contributed by atoms with Crippen LogP contribution in [0.25, 0.3) is 0 Å². The van der Waals surface area contributed by atoms with Crippen LogP contribution in [0.2, 0.25) is 0 Å². The minimum absolute atomic E-state index is 0.379. The highest BCUT2D eigenvalue weighted by atomic mass is 32.1. The fourth-order valence-corrected chi connectivity index (χ4v) is 2.36. The molecule has 0 radical (unpaired) electrons. The summed E-state index contributed by atoms with van der Waals surface area (Å²) in [7, 11) is 1.57. The highest BCUT2D eigenvalue weighted by molar-refractivity contribution is 7.13. The maximum atomic E-state index is 11.7. The zero-order chi connectivity index (χ0) is 15.4. The first-order valence-electron chi connectivity index (χ1n) is 6.37. The maximum Gasteiger partial charge on any atom is 0.407 e. The lowest BCUT2D eigenvalue weighted by molar-refractivity contribution is 0.0517. The number of carbonyl (C=O) groups excluding carboxylic acids is 1. The second kappa shape index (κ2) is 6.41. The van der Waals surface area contributed by atoms with Crippen molar-refractivity contribution in [1.29, 1.82) is 0 Å². The standard InChI is InChI=1S/C13H23N3O3S/c1-12(2,3)19-10(17)16-8-13(4,7-14)9-6-15-11(18-5)20-9/h6H,7-8,14H2,1-5H3,(H,16,17). The summed E-state index contributed by atoms with van der Waals surface area (Å²) in [6.45, 7) is 8.20. The summed E-state index contributed by atoms with van der Waals surface area (Å²) in [5.41, 5.74) is 4.93. The smallest absolute Gasteiger partial charge is 0.407 e. The quantitative estimate of drug-likeness (QED) is 0.867. The Morgan fingerprint density at radius 1 is 1.45 bits per heavy atom. The molecule has 1 aromatic rings. The van der Waals surface area contributed by atoms with Crippen molar-refractivity contribution in [3.05, 3.63) is 11.1 Å². The van der Waals surface area contributed by atoms with Gasteiger partial charge in [-0.3, -0.25) is 0 Å². The van der Waals surface area contributed by atoms with E-state index in [1.807, 2.05) is 27.7 Å². The monoisotopic (exact) mass is 301 g/mol. The fraction of sp³-hybridized carbons (Fsp3) is 0.692. The van der Waals surface area contributed by atoms with Crippen molar-refractivity contribution < 1.29 is 14.3 Å². The molecular formula is C13H23N3O3S. The topological polar surface area (TPSA) is 86.5 Å². The van der Waals surface area contributed by atoms with Gasteiger partial charge in [0, 0.05) is 29.6 Å². The van der Waals surface area contributed by atoms with Gasteiger partial charge in [0.1, 0.15) is 5.60 Å². The summed E-state index contributed by atoms with van der Waals surface area (Å²) >= 11 is 1.42. The number of aromatic nitrogens is 1. The van der Waals surface area contributed by atoms with E-state index in [-0.39, 0.29) is 0 Å². The molecule has 0 fully saturated rings. The summed E-state index contributed by atoms with van der Waals surface area (Å²) in [5.74, 6) is 0. The molecule has 0 bridgehead atoms. The van der Waals surface area contributed by atoms with Crippen molar-refractivity contribution in [2.24, 2.45) is 5.73 Å². The molecule has 0 spiro atoms. The molecule has 1 rings (SSSR count). The number of ether oxygens (including phenoxy) is 2. The third kappa shape index (κ3) is 4.64. The minimum Gasteiger partial charge on any atom is -0.473 e. The van der Waals surface area contributed by atoms with E-state index in [4.69, 9.17) is 15.2 Å². The van der Waals surface area contributed by atoms with Crippen LogP contribution >= 0.6 is 11.3 Å². The Labute approximate surface area is 123 Å². The first kappa shape index (κ1) is 16.7. The van der Waals surface area contributed by atoms with E-state index in [1.54, 1.807) is 13.3 Å². The largest absolute Gasteiger partial charge is 0.473 e. The lowest BCUT2D eigenvalue weighted by Crippen LogP contribution is -2.44. The molecular weight excluding hydrogens is 278 g/mol. The number of hydrogen-bond acceptors (Lipinski definition) is 6. The number of nitrogens with two attached hydrogens (primary N) is 1. The molecule has 6 nitrogen and oxygen atoms in total. The van der Waals surface area contributed by atoms with Gasteiger partial charge in [-0.2, -0.15) is 0 Å². The number of nitrogens with zero attached hydrogens (tertiary/aromatic N) is 1. The van der Waals surface area contributed by atoms with E-state index < -0.39 is 17.1 Å². The number of methoxy groups -OCH3 is 1. The van der Waals surface area contributed by atoms with E-state index >= 15 is 0 Å². The van der Waals surface area contributed by atoms with Gasteiger partial charge in [0.15, 0.2) is 0 Å². The molecule has 1 heterocycles. The molecule has 1 amide bonds. The van der Waals surface area contributed by atoms with E-state index in [9.17, 15) is 4.79 Å². The van der Waals surface area contributed by atoms with Gasteiger partial charge in [-0.05, 0) is 20.8 Å². The molecule has 114 valence electrons. The van der Waals surface area contributed by atoms with E-state index in [0.29, 0.717) is 18.3 Å². The molecule has 7 heteroatoms. The minimum atomic E-state index is -0.517. The summed E-state index contributed by atoms with van der Waals surface area (Å²) in [6.07, 6.45) is 1.28. The number of rotatable bonds is 5. The van der Waals surface area contributed by atoms with Gasteiger partial charge in [-0.25, -0.2) is 9.78 Å². The van der Waals surface area contributed by atoms with Crippen LogP contribution in [0, 0.1) is 0 Å². The predicted octanol–water partition coefficient (Wildman–Crippen LogP) is 1.89. The number of nitrogens with one attached hydrogen (secondary N) is 1. The van der Waals surface area contributed by atoms with E-state index in [0.717, 1.165) is 4.88 Å². The highest BCUT2D eigenvalue weighted by Gasteiger charge is 2.29. The highest BCUT2D eigenvalue weighted by Crippen LogP contribution is 2.31. The lowest BCUT2D eigenvalue weighted by Gasteiger charge is -2.27. The third-order valence-electron chi connectivity index (χ3n) is 2.73. The summed E-state index contributed by atoms with van der Waals surface area (Å²) < 4.78 is 10.3. The lowest BCUT2D eigenvalue weighted by atomic mass is 9.89. The number of amides is 1. The van der Waals surface area contributed by atoms with Crippen LogP contribution in [0.3, 0.4) is 0 Å². The van der Waals surface area contributed by atoms with Gasteiger partial charge >= 0.3 is 6.09 Å². The number of hydrogen-bond donors (Lipinski definition) is 2. The van der Waals surface area contributed by atoms with Crippen molar-refractivity contribution >= 4 is 17.4 Å². The van der Waals surface area contributed by atoms with Crippen LogP contribution in [-0.2, 0) is 10.2 Å². The van der Waals surface area contributed by atoms with E-state index in [1.165, 1.54) is 11.3 Å². The van der Waals surface area contributed by atoms with Crippen molar-refractivity contribution in [1.82, 2.24) is 10.3 Å². The summed E-state index contributed by atoms with van der Waals surface area (Å²) in [6, 6.07) is 0. The number of thiazole rings is 1. The number of carbonyl (C=O) groups is 1. The van der Waals surface area contributed by atoms with Crippen LogP contribution in [0.5, 0.6) is 5.19 Å². The Hall–Kier alpha value is -1.34. The van der Waals surface area contributed by atoms with Gasteiger partial charge in [0.25, 0.3) is 5.19 Å². The average molecular weight is 301 g/mol. The first-order valence-corrected chi connectivity index (χ1v) is 7.19. The molecule has 0 saturated carbocycles. The maximum absolute atomic E-state index is 11.7. The Balaban J connectivity index is 2.68. The van der Waals surface area contributed by atoms with Crippen LogP contribution in [0.4, 0.5) is 4.79 Å². The van der Waals surface area contributed by atoms with Gasteiger partial charge in [0.2, 0.25) is 0 Å². The van der Waals surface area contributed by atoms with Gasteiger partial charge in [-0.1, -0.05) is 18.3 Å². The zero-order valence-corrected chi connectivity index (χ0v) is 13.5. The van der Waals surface area contributed by atoms with Crippen molar-refractivity contribution in [2.75, 3.05) is 20.2 Å². The van der Waals surface area contributed by atoms with Gasteiger partial charge in [0.05, 0.1) is 7.11 Å². The van der Waals surface area contributed by atoms with Crippen molar-refractivity contribution in [3.63, 3.8) is 0 Å². The second-order valence-electron chi connectivity index (χ2n) is 5.81. The average Bonchev–Trinajstić information content (AvgIpc) is 2.83. The molecule has 3 N–H and O–H groups in total. The molecule has 0 aromatic carbocycles. The molecule has 1 aromatic heterocycles. The number of alkyl carbamates (subject to hydrolysis) is 1. The molecule has 0 aliphatic rings. The first-order chi connectivity index (χ1) is 9.20. The molecule has 1 unspecified atom stereocenters. The van der Waals surface area contributed by atoms with Crippen molar-refractivity contribution in [2.45, 2.75) is 38.7 Å². The molecule has 0 aliphatic carbocycles. The van der Waals surface area contributed by atoms with Crippen LogP contribution in [0.15, 0.2) is 6.20 Å². The molecule has 20 heavy (non-hydrogen) atoms. The molecule has 0 aliphatic heterocycles. The SMILES string of the molecule is COc1ncc(C(C)(CN)CNC(=O)OC(C)(C)C)s1. The molecule has 0 saturated heterocycles. The van der Waals surface area contributed by atoms with Gasteiger partial charge in [-0.15, -0.1) is 0 Å². The Kier molecular flexibility index (Phi) is 5.35. The van der Waals surface area contributed by atoms with Crippen LogP contribution in [-0.4, -0.2) is 36.9 Å². The molecule has 1 atom stereocenters.